The van der Waals surface area contributed by atoms with Gasteiger partial charge < -0.3 is 13.6 Å². The first-order chi connectivity index (χ1) is 10.4. The monoisotopic (exact) mass is 422 g/mol. The molecule has 142 valence electrons. The van der Waals surface area contributed by atoms with E-state index >= 15 is 0 Å². The van der Waals surface area contributed by atoms with Crippen molar-refractivity contribution in [2.45, 2.75) is 72.0 Å². The quantitative estimate of drug-likeness (QED) is 0.260. The van der Waals surface area contributed by atoms with Gasteiger partial charge in [-0.05, 0) is 39.3 Å². The van der Waals surface area contributed by atoms with E-state index in [9.17, 15) is 4.79 Å². The van der Waals surface area contributed by atoms with Crippen LogP contribution < -0.4 is 0 Å². The van der Waals surface area contributed by atoms with Gasteiger partial charge in [0, 0.05) is 7.59 Å². The van der Waals surface area contributed by atoms with Crippen LogP contribution in [-0.2, 0) is 18.4 Å². The summed E-state index contributed by atoms with van der Waals surface area (Å²) in [4.78, 5) is 12.7. The largest absolute Gasteiger partial charge is 0.548 e. The van der Waals surface area contributed by atoms with Crippen molar-refractivity contribution in [2.24, 2.45) is 0 Å². The zero-order valence-corrected chi connectivity index (χ0v) is 23.8. The minimum atomic E-state index is -1.96. The lowest BCUT2D eigenvalue weighted by molar-refractivity contribution is -0.139. The second-order valence-corrected chi connectivity index (χ2v) is 35.6. The van der Waals surface area contributed by atoms with Crippen LogP contribution in [0.4, 0.5) is 0 Å². The number of hydrogen-bond donors (Lipinski definition) is 0. The predicted octanol–water partition coefficient (Wildman–Crippen LogP) is 3.43. The molecule has 0 saturated heterocycles. The molecular weight excluding hydrogens is 385 g/mol. The molecule has 0 aliphatic heterocycles. The molecule has 9 heteroatoms. The predicted molar refractivity (Wildman–Crippen MR) is 118 cm³/mol. The van der Waals surface area contributed by atoms with Crippen LogP contribution >= 0.6 is 0 Å². The highest BCUT2D eigenvalue weighted by molar-refractivity contribution is 7.43. The number of carbonyl (C=O) groups is 1. The third-order valence-corrected chi connectivity index (χ3v) is 23.2. The van der Waals surface area contributed by atoms with Crippen LogP contribution in [0.1, 0.15) is 0 Å². The van der Waals surface area contributed by atoms with Crippen molar-refractivity contribution in [1.29, 1.82) is 0 Å². The van der Waals surface area contributed by atoms with E-state index < -0.39 is 31.8 Å². The molecule has 0 rings (SSSR count). The summed E-state index contributed by atoms with van der Waals surface area (Å²) in [5.41, 5.74) is 0. The molecule has 4 nitrogen and oxygen atoms in total. The summed E-state index contributed by atoms with van der Waals surface area (Å²) in [7, 11) is -6.52. The van der Waals surface area contributed by atoms with Gasteiger partial charge in [0.25, 0.3) is 0 Å². The van der Waals surface area contributed by atoms with Crippen LogP contribution in [-0.4, -0.2) is 54.3 Å². The van der Waals surface area contributed by atoms with E-state index in [0.29, 0.717) is 12.0 Å². The minimum Gasteiger partial charge on any atom is -0.548 e. The molecule has 24 heavy (non-hydrogen) atoms. The third kappa shape index (κ3) is 7.42. The fourth-order valence-corrected chi connectivity index (χ4v) is 9.83. The second kappa shape index (κ2) is 8.06. The molecule has 0 unspecified atom stereocenters. The molecule has 0 bridgehead atoms. The molecule has 0 radical (unpaired) electrons. The minimum absolute atomic E-state index is 0.334. The Labute approximate surface area is 155 Å². The normalized spacial score (nSPS) is 15.0. The molecule has 0 spiro atoms. The van der Waals surface area contributed by atoms with Crippen molar-refractivity contribution in [3.05, 3.63) is 11.1 Å². The van der Waals surface area contributed by atoms with Crippen molar-refractivity contribution in [3.63, 3.8) is 0 Å². The summed E-state index contributed by atoms with van der Waals surface area (Å²) >= 11 is 0. The van der Waals surface area contributed by atoms with E-state index in [0.717, 1.165) is 15.6 Å². The smallest absolute Gasteiger partial charge is 0.374 e. The van der Waals surface area contributed by atoms with Crippen LogP contribution in [0, 0.1) is 0 Å². The fourth-order valence-electron chi connectivity index (χ4n) is 1.79. The van der Waals surface area contributed by atoms with E-state index in [2.05, 4.69) is 72.0 Å². The lowest BCUT2D eigenvalue weighted by Crippen LogP contribution is -2.57. The standard InChI is InChI=1S/C15H38O4Si5/c1-21(2,3)18-13(14(16)17-12-20)15(19-22(4,5)6)24(10,11)23(7,8)9/h12H2,1-11,20H3. The summed E-state index contributed by atoms with van der Waals surface area (Å²) in [6.07, 6.45) is 0.479. The maximum Gasteiger partial charge on any atom is 0.374 e. The summed E-state index contributed by atoms with van der Waals surface area (Å²) in [5.74, 6) is 0.0473. The second-order valence-electron chi connectivity index (χ2n) is 9.68. The van der Waals surface area contributed by atoms with Crippen molar-refractivity contribution in [2.75, 3.05) is 6.23 Å². The molecule has 0 fully saturated rings. The van der Waals surface area contributed by atoms with Gasteiger partial charge in [-0.2, -0.15) is 0 Å². The summed E-state index contributed by atoms with van der Waals surface area (Å²) in [6, 6.07) is 0. The SMILES string of the molecule is C[Si](C)(C)OC(C(=O)OC[SiH3])=C(O[Si](C)(C)C)[Si](C)(C)[Si](C)(C)C. The highest BCUT2D eigenvalue weighted by Gasteiger charge is 2.47. The number of ether oxygens (including phenoxy) is 1. The number of hydrogen-bond acceptors (Lipinski definition) is 4. The van der Waals surface area contributed by atoms with E-state index in [1.165, 1.54) is 0 Å². The van der Waals surface area contributed by atoms with Crippen LogP contribution in [0.25, 0.3) is 0 Å². The zero-order chi connectivity index (χ0) is 19.6. The molecule has 0 atom stereocenters. The average molecular weight is 423 g/mol. The van der Waals surface area contributed by atoms with Gasteiger partial charge >= 0.3 is 5.97 Å². The van der Waals surface area contributed by atoms with Crippen molar-refractivity contribution in [3.8, 4) is 0 Å². The molecule has 0 amide bonds. The van der Waals surface area contributed by atoms with Gasteiger partial charge in [-0.25, -0.2) is 4.79 Å². The number of carbonyl (C=O) groups excluding carboxylic acids is 1. The maximum absolute atomic E-state index is 12.7. The van der Waals surface area contributed by atoms with Gasteiger partial charge in [-0.3, -0.25) is 0 Å². The first kappa shape index (κ1) is 23.9. The molecular formula is C15H38O4Si5. The Balaban J connectivity index is 6.49. The van der Waals surface area contributed by atoms with Gasteiger partial charge in [0.2, 0.25) is 22.4 Å². The average Bonchev–Trinajstić information content (AvgIpc) is 2.29. The van der Waals surface area contributed by atoms with Crippen molar-refractivity contribution in [1.82, 2.24) is 0 Å². The Morgan fingerprint density at radius 3 is 1.50 bits per heavy atom. The van der Waals surface area contributed by atoms with E-state index in [1.54, 1.807) is 0 Å². The van der Waals surface area contributed by atoms with Crippen molar-refractivity contribution >= 4 is 48.0 Å². The lowest BCUT2D eigenvalue weighted by atomic mass is 10.6. The fraction of sp³-hybridized carbons (Fsp3) is 0.800. The summed E-state index contributed by atoms with van der Waals surface area (Å²) in [6.45, 7) is 24.5. The molecule has 0 saturated carbocycles. The Morgan fingerprint density at radius 2 is 1.21 bits per heavy atom. The van der Waals surface area contributed by atoms with Gasteiger partial charge in [0.15, 0.2) is 0 Å². The highest BCUT2D eigenvalue weighted by Crippen LogP contribution is 2.33. The first-order valence-electron chi connectivity index (χ1n) is 8.72. The maximum atomic E-state index is 12.7. The van der Waals surface area contributed by atoms with Gasteiger partial charge in [0.05, 0.1) is 16.5 Å². The van der Waals surface area contributed by atoms with E-state index in [-0.39, 0.29) is 5.97 Å². The molecule has 0 aromatic carbocycles. The molecule has 0 N–H and O–H groups in total. The molecule has 0 aliphatic rings. The molecule has 0 aromatic heterocycles. The Hall–Kier alpha value is -0.106. The first-order valence-corrected chi connectivity index (χ1v) is 24.5. The van der Waals surface area contributed by atoms with Crippen LogP contribution in [0.3, 0.4) is 0 Å². The highest BCUT2D eigenvalue weighted by atomic mass is 29.3. The van der Waals surface area contributed by atoms with Gasteiger partial charge in [0.1, 0.15) is 13.0 Å². The third-order valence-electron chi connectivity index (χ3n) is 3.93. The topological polar surface area (TPSA) is 44.8 Å². The van der Waals surface area contributed by atoms with Crippen LogP contribution in [0.2, 0.25) is 72.0 Å². The molecule has 0 heterocycles. The number of rotatable bonds is 8. The Kier molecular flexibility index (Phi) is 8.03. The summed E-state index contributed by atoms with van der Waals surface area (Å²) in [5, 5.41) is 0.850. The van der Waals surface area contributed by atoms with Gasteiger partial charge in [-0.15, -0.1) is 0 Å². The number of esters is 1. The summed E-state index contributed by atoms with van der Waals surface area (Å²) < 4.78 is 18.2. The van der Waals surface area contributed by atoms with E-state index in [4.69, 9.17) is 13.6 Å². The van der Waals surface area contributed by atoms with Crippen molar-refractivity contribution < 1.29 is 18.4 Å². The lowest BCUT2D eigenvalue weighted by Gasteiger charge is -2.41. The van der Waals surface area contributed by atoms with Crippen LogP contribution in [0.15, 0.2) is 11.1 Å². The Bertz CT molecular complexity index is 482. The zero-order valence-electron chi connectivity index (χ0n) is 17.8. The Morgan fingerprint density at radius 1 is 0.792 bits per heavy atom. The molecule has 0 aromatic rings. The molecule has 0 aliphatic carbocycles. The van der Waals surface area contributed by atoms with Gasteiger partial charge in [-0.1, -0.05) is 32.7 Å². The van der Waals surface area contributed by atoms with E-state index in [1.807, 2.05) is 0 Å². The van der Waals surface area contributed by atoms with Crippen LogP contribution in [0.5, 0.6) is 0 Å².